The number of allylic oxidation sites excluding steroid dienone is 1. The molecule has 5 nitrogen and oxygen atoms in total. The van der Waals surface area contributed by atoms with Gasteiger partial charge in [-0.25, -0.2) is 9.78 Å². The van der Waals surface area contributed by atoms with Crippen LogP contribution in [0.15, 0.2) is 40.3 Å². The molecule has 0 fully saturated rings. The quantitative estimate of drug-likeness (QED) is 0.294. The second kappa shape index (κ2) is 9.77. The number of hydrogen-bond acceptors (Lipinski definition) is 7. The van der Waals surface area contributed by atoms with Crippen LogP contribution in [0.1, 0.15) is 45.6 Å². The molecule has 8 heteroatoms. The van der Waals surface area contributed by atoms with E-state index in [1.54, 1.807) is 17.5 Å². The number of halogens is 1. The lowest BCUT2D eigenvalue weighted by Gasteiger charge is -2.12. The molecular weight excluding hydrogens is 494 g/mol. The zero-order valence-corrected chi connectivity index (χ0v) is 20.1. The fraction of sp³-hybridized carbons (Fsp3) is 0.261. The van der Waals surface area contributed by atoms with Gasteiger partial charge in [-0.05, 0) is 50.3 Å². The van der Waals surface area contributed by atoms with Crippen LogP contribution in [0.2, 0.25) is 0 Å². The number of aryl methyl sites for hydroxylation is 1. The molecule has 31 heavy (non-hydrogen) atoms. The van der Waals surface area contributed by atoms with Crippen molar-refractivity contribution in [3.8, 4) is 17.3 Å². The van der Waals surface area contributed by atoms with Crippen LogP contribution in [0, 0.1) is 11.3 Å². The maximum Gasteiger partial charge on any atom is 0.341 e. The third-order valence-electron chi connectivity index (χ3n) is 4.99. The van der Waals surface area contributed by atoms with Crippen molar-refractivity contribution in [2.45, 2.75) is 32.6 Å². The van der Waals surface area contributed by atoms with Gasteiger partial charge in [0.2, 0.25) is 0 Å². The van der Waals surface area contributed by atoms with E-state index in [2.05, 4.69) is 32.3 Å². The monoisotopic (exact) mass is 513 g/mol. The Labute approximate surface area is 197 Å². The van der Waals surface area contributed by atoms with E-state index in [4.69, 9.17) is 4.74 Å². The number of aromatic nitrogens is 1. The number of hydrogen-bond donors (Lipinski definition) is 1. The number of nitrogens with zero attached hydrogens (tertiary/aromatic N) is 2. The second-order valence-electron chi connectivity index (χ2n) is 6.99. The number of thiazole rings is 1. The third-order valence-corrected chi connectivity index (χ3v) is 7.62. The highest BCUT2D eigenvalue weighted by Crippen LogP contribution is 2.39. The molecule has 4 rings (SSSR count). The fourth-order valence-electron chi connectivity index (χ4n) is 3.52. The van der Waals surface area contributed by atoms with Crippen molar-refractivity contribution in [1.29, 1.82) is 5.26 Å². The van der Waals surface area contributed by atoms with Gasteiger partial charge in [0.05, 0.1) is 17.9 Å². The minimum Gasteiger partial charge on any atom is -0.462 e. The number of carbonyl (C=O) groups is 1. The Morgan fingerprint density at radius 1 is 1.32 bits per heavy atom. The number of anilines is 1. The van der Waals surface area contributed by atoms with E-state index in [0.29, 0.717) is 22.8 Å². The largest absolute Gasteiger partial charge is 0.462 e. The van der Waals surface area contributed by atoms with Gasteiger partial charge in [0.15, 0.2) is 0 Å². The molecule has 2 heterocycles. The first-order valence-electron chi connectivity index (χ1n) is 10.0. The summed E-state index contributed by atoms with van der Waals surface area (Å²) < 4.78 is 6.30. The molecule has 1 aliphatic rings. The molecule has 1 aliphatic carbocycles. The molecule has 0 unspecified atom stereocenters. The highest BCUT2D eigenvalue weighted by atomic mass is 79.9. The van der Waals surface area contributed by atoms with Crippen molar-refractivity contribution < 1.29 is 9.53 Å². The molecule has 1 aromatic carbocycles. The van der Waals surface area contributed by atoms with Crippen LogP contribution in [-0.4, -0.2) is 17.6 Å². The molecule has 2 aromatic heterocycles. The number of fused-ring (bicyclic) bond motifs is 1. The average Bonchev–Trinajstić information content (AvgIpc) is 3.40. The molecule has 0 saturated heterocycles. The summed E-state index contributed by atoms with van der Waals surface area (Å²) in [5.41, 5.74) is 3.95. The van der Waals surface area contributed by atoms with Crippen molar-refractivity contribution in [3.05, 3.63) is 61.3 Å². The summed E-state index contributed by atoms with van der Waals surface area (Å²) in [6, 6.07) is 10.1. The summed E-state index contributed by atoms with van der Waals surface area (Å²) >= 11 is 6.44. The molecule has 1 N–H and O–H groups in total. The van der Waals surface area contributed by atoms with Crippen LogP contribution in [0.25, 0.3) is 16.8 Å². The normalized spacial score (nSPS) is 13.4. The van der Waals surface area contributed by atoms with E-state index in [-0.39, 0.29) is 5.97 Å². The van der Waals surface area contributed by atoms with Gasteiger partial charge in [0.1, 0.15) is 21.7 Å². The number of nitrogens with one attached hydrogen (secondary N) is 1. The predicted octanol–water partition coefficient (Wildman–Crippen LogP) is 6.67. The lowest BCUT2D eigenvalue weighted by atomic mass is 9.95. The van der Waals surface area contributed by atoms with Gasteiger partial charge in [-0.1, -0.05) is 28.1 Å². The van der Waals surface area contributed by atoms with Crippen molar-refractivity contribution in [3.63, 3.8) is 0 Å². The molecule has 158 valence electrons. The average molecular weight is 514 g/mol. The van der Waals surface area contributed by atoms with Crippen molar-refractivity contribution in [2.75, 3.05) is 11.9 Å². The number of nitriles is 1. The zero-order valence-electron chi connectivity index (χ0n) is 16.9. The van der Waals surface area contributed by atoms with E-state index in [9.17, 15) is 10.1 Å². The van der Waals surface area contributed by atoms with Gasteiger partial charge in [-0.15, -0.1) is 22.7 Å². The van der Waals surface area contributed by atoms with Crippen LogP contribution >= 0.6 is 38.6 Å². The summed E-state index contributed by atoms with van der Waals surface area (Å²) in [5, 5.41) is 16.2. The van der Waals surface area contributed by atoms with Gasteiger partial charge >= 0.3 is 5.97 Å². The van der Waals surface area contributed by atoms with Gasteiger partial charge in [0, 0.05) is 26.5 Å². The Morgan fingerprint density at radius 2 is 2.10 bits per heavy atom. The number of esters is 1. The Hall–Kier alpha value is -2.47. The second-order valence-corrected chi connectivity index (χ2v) is 9.87. The SMILES string of the molecule is CCOC(=O)c1c(NC=C(C#N)c2nc(-c3ccc(Br)cc3)cs2)sc2c1CCCC2. The number of benzene rings is 1. The summed E-state index contributed by atoms with van der Waals surface area (Å²) in [6.07, 6.45) is 5.72. The summed E-state index contributed by atoms with van der Waals surface area (Å²) in [6.45, 7) is 2.14. The van der Waals surface area contributed by atoms with Crippen LogP contribution in [-0.2, 0) is 17.6 Å². The molecule has 3 aromatic rings. The molecule has 0 spiro atoms. The van der Waals surface area contributed by atoms with Gasteiger partial charge < -0.3 is 10.1 Å². The topological polar surface area (TPSA) is 75.0 Å². The van der Waals surface area contributed by atoms with Crippen LogP contribution in [0.4, 0.5) is 5.00 Å². The minimum atomic E-state index is -0.303. The zero-order chi connectivity index (χ0) is 21.8. The summed E-state index contributed by atoms with van der Waals surface area (Å²) in [5.74, 6) is -0.303. The Kier molecular flexibility index (Phi) is 6.86. The van der Waals surface area contributed by atoms with Crippen LogP contribution < -0.4 is 5.32 Å². The molecule has 0 aliphatic heterocycles. The van der Waals surface area contributed by atoms with Gasteiger partial charge in [-0.3, -0.25) is 0 Å². The van der Waals surface area contributed by atoms with Gasteiger partial charge in [0.25, 0.3) is 0 Å². The smallest absolute Gasteiger partial charge is 0.341 e. The molecule has 0 saturated carbocycles. The third kappa shape index (κ3) is 4.74. The van der Waals surface area contributed by atoms with Gasteiger partial charge in [-0.2, -0.15) is 5.26 Å². The standard InChI is InChI=1S/C23H20BrN3O2S2/c1-2-29-23(28)20-17-5-3-4-6-19(17)31-22(20)26-12-15(11-25)21-27-18(13-30-21)14-7-9-16(24)10-8-14/h7-10,12-13,26H,2-6H2,1H3. The minimum absolute atomic E-state index is 0.303. The molecular formula is C23H20BrN3O2S2. The maximum atomic E-state index is 12.6. The lowest BCUT2D eigenvalue weighted by Crippen LogP contribution is -2.10. The highest BCUT2D eigenvalue weighted by molar-refractivity contribution is 9.10. The summed E-state index contributed by atoms with van der Waals surface area (Å²) in [4.78, 5) is 18.5. The molecule has 0 amide bonds. The fourth-order valence-corrected chi connectivity index (χ4v) is 5.82. The van der Waals surface area contributed by atoms with E-state index in [0.717, 1.165) is 52.0 Å². The first-order chi connectivity index (χ1) is 15.1. The first-order valence-corrected chi connectivity index (χ1v) is 12.5. The molecule has 0 atom stereocenters. The van der Waals surface area contributed by atoms with E-state index in [1.807, 2.05) is 36.6 Å². The van der Waals surface area contributed by atoms with Crippen LogP contribution in [0.5, 0.6) is 0 Å². The van der Waals surface area contributed by atoms with Crippen molar-refractivity contribution in [2.24, 2.45) is 0 Å². The Balaban J connectivity index is 1.62. The molecule has 0 bridgehead atoms. The van der Waals surface area contributed by atoms with E-state index < -0.39 is 0 Å². The summed E-state index contributed by atoms with van der Waals surface area (Å²) in [7, 11) is 0. The van der Waals surface area contributed by atoms with E-state index in [1.165, 1.54) is 16.2 Å². The first kappa shape index (κ1) is 21.8. The highest BCUT2D eigenvalue weighted by Gasteiger charge is 2.26. The Bertz CT molecular complexity index is 1170. The van der Waals surface area contributed by atoms with Crippen molar-refractivity contribution in [1.82, 2.24) is 4.98 Å². The maximum absolute atomic E-state index is 12.6. The van der Waals surface area contributed by atoms with Crippen LogP contribution in [0.3, 0.4) is 0 Å². The van der Waals surface area contributed by atoms with Crippen molar-refractivity contribution >= 4 is 55.1 Å². The number of carbonyl (C=O) groups excluding carboxylic acids is 1. The number of rotatable bonds is 6. The lowest BCUT2D eigenvalue weighted by molar-refractivity contribution is 0.0526. The van der Waals surface area contributed by atoms with E-state index >= 15 is 0 Å². The number of ether oxygens (including phenoxy) is 1. The molecule has 0 radical (unpaired) electrons. The predicted molar refractivity (Wildman–Crippen MR) is 129 cm³/mol. The Morgan fingerprint density at radius 3 is 2.84 bits per heavy atom. The number of thiophene rings is 1.